The molecule has 1 aromatic carbocycles. The van der Waals surface area contributed by atoms with Crippen LogP contribution in [0.2, 0.25) is 0 Å². The lowest BCUT2D eigenvalue weighted by Gasteiger charge is -2.25. The van der Waals surface area contributed by atoms with Crippen LogP contribution >= 0.6 is 0 Å². The molecule has 2 fully saturated rings. The molecule has 2 heterocycles. The number of amides is 1. The van der Waals surface area contributed by atoms with Crippen molar-refractivity contribution >= 4 is 11.6 Å². The summed E-state index contributed by atoms with van der Waals surface area (Å²) in [6.07, 6.45) is 3.54. The van der Waals surface area contributed by atoms with Crippen molar-refractivity contribution in [1.82, 2.24) is 9.80 Å². The lowest BCUT2D eigenvalue weighted by atomic mass is 10.1. The van der Waals surface area contributed by atoms with Gasteiger partial charge in [0.1, 0.15) is 5.75 Å². The molecule has 3 rings (SSSR count). The van der Waals surface area contributed by atoms with Gasteiger partial charge in [-0.25, -0.2) is 0 Å². The van der Waals surface area contributed by atoms with E-state index in [-0.39, 0.29) is 12.5 Å². The SMILES string of the molecule is CN1C2CCC1CN(C(=O)COc1ccc(N)cc1)CC2. The minimum atomic E-state index is 0.0766. The third kappa shape index (κ3) is 3.13. The van der Waals surface area contributed by atoms with Crippen molar-refractivity contribution in [3.63, 3.8) is 0 Å². The zero-order valence-electron chi connectivity index (χ0n) is 12.5. The monoisotopic (exact) mass is 289 g/mol. The van der Waals surface area contributed by atoms with Crippen LogP contribution in [0.25, 0.3) is 0 Å². The number of likely N-dealkylation sites (N-methyl/N-ethyl adjacent to an activating group) is 1. The fourth-order valence-electron chi connectivity index (χ4n) is 3.34. The van der Waals surface area contributed by atoms with Gasteiger partial charge in [0.15, 0.2) is 6.61 Å². The number of carbonyl (C=O) groups is 1. The Morgan fingerprint density at radius 3 is 2.71 bits per heavy atom. The maximum Gasteiger partial charge on any atom is 0.260 e. The zero-order valence-corrected chi connectivity index (χ0v) is 12.5. The molecule has 0 aliphatic carbocycles. The second-order valence-electron chi connectivity index (χ2n) is 6.04. The van der Waals surface area contributed by atoms with Gasteiger partial charge in [-0.3, -0.25) is 9.69 Å². The molecule has 2 N–H and O–H groups in total. The summed E-state index contributed by atoms with van der Waals surface area (Å²) in [5.74, 6) is 0.763. The van der Waals surface area contributed by atoms with E-state index < -0.39 is 0 Å². The Morgan fingerprint density at radius 2 is 1.95 bits per heavy atom. The van der Waals surface area contributed by atoms with Crippen LogP contribution in [-0.4, -0.2) is 54.5 Å². The molecule has 2 unspecified atom stereocenters. The van der Waals surface area contributed by atoms with Crippen LogP contribution in [0.15, 0.2) is 24.3 Å². The molecule has 2 aliphatic heterocycles. The van der Waals surface area contributed by atoms with Gasteiger partial charge in [-0.2, -0.15) is 0 Å². The summed E-state index contributed by atoms with van der Waals surface area (Å²) in [5.41, 5.74) is 6.32. The number of fused-ring (bicyclic) bond motifs is 2. The molecule has 0 saturated carbocycles. The number of carbonyl (C=O) groups excluding carboxylic acids is 1. The number of rotatable bonds is 3. The van der Waals surface area contributed by atoms with Crippen LogP contribution in [0.5, 0.6) is 5.75 Å². The third-order valence-electron chi connectivity index (χ3n) is 4.74. The van der Waals surface area contributed by atoms with Crippen LogP contribution < -0.4 is 10.5 Å². The summed E-state index contributed by atoms with van der Waals surface area (Å²) in [4.78, 5) is 16.7. The van der Waals surface area contributed by atoms with Crippen LogP contribution in [0, 0.1) is 0 Å². The number of likely N-dealkylation sites (tertiary alicyclic amines) is 1. The smallest absolute Gasteiger partial charge is 0.260 e. The summed E-state index contributed by atoms with van der Waals surface area (Å²) in [5, 5.41) is 0. The molecule has 2 aliphatic rings. The summed E-state index contributed by atoms with van der Waals surface area (Å²) in [7, 11) is 2.18. The van der Waals surface area contributed by atoms with E-state index in [9.17, 15) is 4.79 Å². The van der Waals surface area contributed by atoms with Crippen molar-refractivity contribution in [2.45, 2.75) is 31.3 Å². The van der Waals surface area contributed by atoms with Gasteiger partial charge in [0, 0.05) is 30.9 Å². The van der Waals surface area contributed by atoms with E-state index in [1.54, 1.807) is 24.3 Å². The molecule has 5 nitrogen and oxygen atoms in total. The van der Waals surface area contributed by atoms with Crippen LogP contribution in [-0.2, 0) is 4.79 Å². The molecule has 2 saturated heterocycles. The van der Waals surface area contributed by atoms with Crippen molar-refractivity contribution in [2.24, 2.45) is 0 Å². The van der Waals surface area contributed by atoms with E-state index in [0.717, 1.165) is 19.5 Å². The number of nitrogens with zero attached hydrogens (tertiary/aromatic N) is 2. The molecule has 5 heteroatoms. The number of hydrogen-bond donors (Lipinski definition) is 1. The van der Waals surface area contributed by atoms with Gasteiger partial charge in [-0.1, -0.05) is 0 Å². The van der Waals surface area contributed by atoms with Crippen molar-refractivity contribution in [3.8, 4) is 5.75 Å². The average molecular weight is 289 g/mol. The van der Waals surface area contributed by atoms with Crippen LogP contribution in [0.4, 0.5) is 5.69 Å². The highest BCUT2D eigenvalue weighted by atomic mass is 16.5. The predicted octanol–water partition coefficient (Wildman–Crippen LogP) is 1.34. The molecule has 0 aromatic heterocycles. The molecule has 114 valence electrons. The van der Waals surface area contributed by atoms with Gasteiger partial charge in [0.25, 0.3) is 5.91 Å². The molecule has 2 bridgehead atoms. The van der Waals surface area contributed by atoms with Gasteiger partial charge in [0.05, 0.1) is 0 Å². The van der Waals surface area contributed by atoms with Crippen molar-refractivity contribution in [1.29, 1.82) is 0 Å². The first-order chi connectivity index (χ1) is 10.1. The standard InChI is InChI=1S/C16H23N3O2/c1-18-13-4-5-14(18)10-19(9-8-13)16(20)11-21-15-6-2-12(17)3-7-15/h2-3,6-7,13-14H,4-5,8-11,17H2,1H3. The number of hydrogen-bond acceptors (Lipinski definition) is 4. The molecule has 1 amide bonds. The average Bonchev–Trinajstić information content (AvgIpc) is 2.71. The van der Waals surface area contributed by atoms with Crippen molar-refractivity contribution in [2.75, 3.05) is 32.5 Å². The quantitative estimate of drug-likeness (QED) is 0.853. The lowest BCUT2D eigenvalue weighted by molar-refractivity contribution is -0.133. The molecular weight excluding hydrogens is 266 g/mol. The summed E-state index contributed by atoms with van der Waals surface area (Å²) < 4.78 is 5.56. The van der Waals surface area contributed by atoms with E-state index in [2.05, 4.69) is 11.9 Å². The Hall–Kier alpha value is -1.75. The molecule has 2 atom stereocenters. The maximum atomic E-state index is 12.3. The highest BCUT2D eigenvalue weighted by Gasteiger charge is 2.35. The van der Waals surface area contributed by atoms with Crippen LogP contribution in [0.1, 0.15) is 19.3 Å². The molecular formula is C16H23N3O2. The van der Waals surface area contributed by atoms with Gasteiger partial charge in [-0.05, 0) is 50.6 Å². The van der Waals surface area contributed by atoms with Gasteiger partial charge in [0.2, 0.25) is 0 Å². The number of ether oxygens (including phenoxy) is 1. The Balaban J connectivity index is 1.54. The fraction of sp³-hybridized carbons (Fsp3) is 0.562. The minimum absolute atomic E-state index is 0.0766. The Labute approximate surface area is 125 Å². The normalized spacial score (nSPS) is 25.7. The highest BCUT2D eigenvalue weighted by Crippen LogP contribution is 2.28. The molecule has 21 heavy (non-hydrogen) atoms. The second kappa shape index (κ2) is 5.93. The first kappa shape index (κ1) is 14.2. The zero-order chi connectivity index (χ0) is 14.8. The first-order valence-corrected chi connectivity index (χ1v) is 7.61. The van der Waals surface area contributed by atoms with Gasteiger partial charge in [-0.15, -0.1) is 0 Å². The molecule has 0 spiro atoms. The predicted molar refractivity (Wildman–Crippen MR) is 82.1 cm³/mol. The van der Waals surface area contributed by atoms with E-state index in [4.69, 9.17) is 10.5 Å². The molecule has 0 radical (unpaired) electrons. The summed E-state index contributed by atoms with van der Waals surface area (Å²) in [6.45, 7) is 1.78. The van der Waals surface area contributed by atoms with Gasteiger partial charge < -0.3 is 15.4 Å². The number of anilines is 1. The van der Waals surface area contributed by atoms with E-state index in [1.165, 1.54) is 12.8 Å². The number of nitrogen functional groups attached to an aromatic ring is 1. The van der Waals surface area contributed by atoms with E-state index in [0.29, 0.717) is 23.5 Å². The number of benzene rings is 1. The van der Waals surface area contributed by atoms with E-state index in [1.807, 2.05) is 4.90 Å². The topological polar surface area (TPSA) is 58.8 Å². The second-order valence-corrected chi connectivity index (χ2v) is 6.04. The molecule has 1 aromatic rings. The Morgan fingerprint density at radius 1 is 1.24 bits per heavy atom. The van der Waals surface area contributed by atoms with Crippen LogP contribution in [0.3, 0.4) is 0 Å². The Bertz CT molecular complexity index is 503. The summed E-state index contributed by atoms with van der Waals surface area (Å²) in [6, 6.07) is 8.30. The summed E-state index contributed by atoms with van der Waals surface area (Å²) >= 11 is 0. The maximum absolute atomic E-state index is 12.3. The fourth-order valence-corrected chi connectivity index (χ4v) is 3.34. The highest BCUT2D eigenvalue weighted by molar-refractivity contribution is 5.78. The third-order valence-corrected chi connectivity index (χ3v) is 4.74. The first-order valence-electron chi connectivity index (χ1n) is 7.61. The largest absolute Gasteiger partial charge is 0.484 e. The lowest BCUT2D eigenvalue weighted by Crippen LogP contribution is -2.41. The Kier molecular flexibility index (Phi) is 4.01. The van der Waals surface area contributed by atoms with E-state index >= 15 is 0 Å². The van der Waals surface area contributed by atoms with Gasteiger partial charge >= 0.3 is 0 Å². The van der Waals surface area contributed by atoms with Crippen molar-refractivity contribution < 1.29 is 9.53 Å². The van der Waals surface area contributed by atoms with Crippen molar-refractivity contribution in [3.05, 3.63) is 24.3 Å². The number of nitrogens with two attached hydrogens (primary N) is 1. The minimum Gasteiger partial charge on any atom is -0.484 e.